The normalized spacial score (nSPS) is 13.5. The first-order valence-corrected chi connectivity index (χ1v) is 18.5. The monoisotopic (exact) mass is 755 g/mol. The van der Waals surface area contributed by atoms with E-state index < -0.39 is 44.5 Å². The second-order valence-corrected chi connectivity index (χ2v) is 15.9. The SMILES string of the molecule is COc1cccc(C(C(=O)NS(=O)(=O)c2ccc(Br)cc2)N2CCc3c2cccc3N(CC(=O)O)S(=O)(=O)c2c(C)cc(C)cc2C)c1. The van der Waals surface area contributed by atoms with Crippen LogP contribution in [-0.2, 0) is 36.1 Å². The van der Waals surface area contributed by atoms with Crippen molar-refractivity contribution in [3.63, 3.8) is 0 Å². The number of halogens is 1. The molecule has 0 aromatic heterocycles. The van der Waals surface area contributed by atoms with E-state index in [1.165, 1.54) is 19.2 Å². The summed E-state index contributed by atoms with van der Waals surface area (Å²) >= 11 is 3.28. The van der Waals surface area contributed by atoms with Crippen LogP contribution in [-0.4, -0.2) is 54.0 Å². The molecule has 2 N–H and O–H groups in total. The Hall–Kier alpha value is -4.40. The Morgan fingerprint density at radius 1 is 0.958 bits per heavy atom. The largest absolute Gasteiger partial charge is 0.497 e. The van der Waals surface area contributed by atoms with Crippen LogP contribution in [0.3, 0.4) is 0 Å². The van der Waals surface area contributed by atoms with E-state index in [9.17, 15) is 31.5 Å². The molecule has 1 aliphatic rings. The standard InChI is InChI=1S/C34H34BrN3O8S2/c1-21-17-22(2)33(23(3)18-21)48(44,45)38(20-31(39)40)30-10-6-9-29-28(30)15-16-37(29)32(24-7-5-8-26(19-24)46-4)34(41)36-47(42,43)27-13-11-25(35)12-14-27/h5-14,17-19,32H,15-16,20H2,1-4H3,(H,36,41)(H,39,40). The molecule has 0 saturated heterocycles. The van der Waals surface area contributed by atoms with Crippen LogP contribution in [0, 0.1) is 20.8 Å². The molecule has 0 bridgehead atoms. The van der Waals surface area contributed by atoms with Crippen molar-refractivity contribution in [1.82, 2.24) is 4.72 Å². The van der Waals surface area contributed by atoms with E-state index >= 15 is 0 Å². The van der Waals surface area contributed by atoms with Gasteiger partial charge in [-0.05, 0) is 92.4 Å². The number of hydrogen-bond acceptors (Lipinski definition) is 8. The van der Waals surface area contributed by atoms with Crippen molar-refractivity contribution in [3.8, 4) is 5.75 Å². The lowest BCUT2D eigenvalue weighted by molar-refractivity contribution is -0.135. The Balaban J connectivity index is 1.62. The van der Waals surface area contributed by atoms with E-state index in [1.807, 2.05) is 6.92 Å². The van der Waals surface area contributed by atoms with Crippen LogP contribution in [0.2, 0.25) is 0 Å². The minimum atomic E-state index is -4.37. The lowest BCUT2D eigenvalue weighted by Gasteiger charge is -2.31. The van der Waals surface area contributed by atoms with Gasteiger partial charge in [0.15, 0.2) is 0 Å². The van der Waals surface area contributed by atoms with E-state index in [4.69, 9.17) is 4.74 Å². The molecule has 0 aliphatic carbocycles. The number of ether oxygens (including phenoxy) is 1. The number of benzene rings is 4. The fraction of sp³-hybridized carbons (Fsp3) is 0.235. The van der Waals surface area contributed by atoms with Crippen molar-refractivity contribution in [2.24, 2.45) is 0 Å². The summed E-state index contributed by atoms with van der Waals surface area (Å²) < 4.78 is 64.3. The number of carboxylic acid groups (broad SMARTS) is 1. The molecule has 252 valence electrons. The van der Waals surface area contributed by atoms with Crippen LogP contribution < -0.4 is 18.7 Å². The summed E-state index contributed by atoms with van der Waals surface area (Å²) in [6.07, 6.45) is 0.246. The van der Waals surface area contributed by atoms with Gasteiger partial charge in [-0.25, -0.2) is 21.6 Å². The number of hydrogen-bond donors (Lipinski definition) is 2. The Kier molecular flexibility index (Phi) is 9.90. The first-order valence-electron chi connectivity index (χ1n) is 14.8. The van der Waals surface area contributed by atoms with Crippen LogP contribution in [0.15, 0.2) is 93.1 Å². The van der Waals surface area contributed by atoms with Gasteiger partial charge in [0, 0.05) is 22.3 Å². The van der Waals surface area contributed by atoms with Crippen molar-refractivity contribution in [2.45, 2.75) is 43.0 Å². The van der Waals surface area contributed by atoms with E-state index in [2.05, 4.69) is 20.7 Å². The number of aryl methyl sites for hydroxylation is 3. The molecule has 0 fully saturated rings. The molecule has 14 heteroatoms. The van der Waals surface area contributed by atoms with Gasteiger partial charge in [0.1, 0.15) is 18.3 Å². The zero-order valence-corrected chi connectivity index (χ0v) is 29.8. The Morgan fingerprint density at radius 3 is 2.23 bits per heavy atom. The first-order chi connectivity index (χ1) is 22.6. The van der Waals surface area contributed by atoms with E-state index in [-0.39, 0.29) is 28.4 Å². The highest BCUT2D eigenvalue weighted by atomic mass is 79.9. The number of methoxy groups -OCH3 is 1. The number of aliphatic carboxylic acids is 1. The highest BCUT2D eigenvalue weighted by Crippen LogP contribution is 2.42. The number of amides is 1. The zero-order chi connectivity index (χ0) is 35.0. The summed E-state index contributed by atoms with van der Waals surface area (Å²) in [6, 6.07) is 19.6. The van der Waals surface area contributed by atoms with Gasteiger partial charge in [0.2, 0.25) is 0 Å². The fourth-order valence-corrected chi connectivity index (χ4v) is 9.31. The predicted molar refractivity (Wildman–Crippen MR) is 186 cm³/mol. The Morgan fingerprint density at radius 2 is 1.60 bits per heavy atom. The van der Waals surface area contributed by atoms with Gasteiger partial charge in [0.25, 0.3) is 26.0 Å². The second-order valence-electron chi connectivity index (χ2n) is 11.5. The molecule has 0 saturated carbocycles. The predicted octanol–water partition coefficient (Wildman–Crippen LogP) is 5.27. The van der Waals surface area contributed by atoms with E-state index in [1.54, 1.807) is 85.5 Å². The Bertz CT molecular complexity index is 2100. The van der Waals surface area contributed by atoms with Crippen molar-refractivity contribution < 1.29 is 36.3 Å². The highest BCUT2D eigenvalue weighted by Gasteiger charge is 2.38. The quantitative estimate of drug-likeness (QED) is 0.209. The average molecular weight is 757 g/mol. The molecule has 1 amide bonds. The molecule has 1 unspecified atom stereocenters. The maximum absolute atomic E-state index is 14.3. The van der Waals surface area contributed by atoms with Gasteiger partial charge < -0.3 is 14.7 Å². The molecule has 1 atom stereocenters. The molecule has 0 spiro atoms. The topological polar surface area (TPSA) is 150 Å². The van der Waals surface area contributed by atoms with Crippen molar-refractivity contribution in [1.29, 1.82) is 0 Å². The van der Waals surface area contributed by atoms with Gasteiger partial charge in [-0.3, -0.25) is 13.9 Å². The number of anilines is 2. The molecule has 1 aliphatic heterocycles. The van der Waals surface area contributed by atoms with Gasteiger partial charge in [0.05, 0.1) is 22.6 Å². The number of fused-ring (bicyclic) bond motifs is 1. The molecule has 0 radical (unpaired) electrons. The van der Waals surface area contributed by atoms with Crippen LogP contribution in [0.1, 0.15) is 33.9 Å². The fourth-order valence-electron chi connectivity index (χ4n) is 6.19. The Labute approximate surface area is 288 Å². The third-order valence-electron chi connectivity index (χ3n) is 8.07. The third kappa shape index (κ3) is 6.91. The number of nitrogens with one attached hydrogen (secondary N) is 1. The molecule has 5 rings (SSSR count). The summed E-state index contributed by atoms with van der Waals surface area (Å²) in [5.74, 6) is -1.75. The van der Waals surface area contributed by atoms with Crippen LogP contribution in [0.25, 0.3) is 0 Å². The maximum atomic E-state index is 14.3. The molecular weight excluding hydrogens is 722 g/mol. The lowest BCUT2D eigenvalue weighted by atomic mass is 10.0. The van der Waals surface area contributed by atoms with E-state index in [0.717, 1.165) is 9.87 Å². The van der Waals surface area contributed by atoms with Gasteiger partial charge in [-0.1, -0.05) is 51.8 Å². The van der Waals surface area contributed by atoms with Crippen molar-refractivity contribution in [2.75, 3.05) is 29.4 Å². The minimum Gasteiger partial charge on any atom is -0.497 e. The summed E-state index contributed by atoms with van der Waals surface area (Å²) in [5.41, 5.74) is 3.38. The summed E-state index contributed by atoms with van der Waals surface area (Å²) in [7, 11) is -7.17. The molecule has 11 nitrogen and oxygen atoms in total. The third-order valence-corrected chi connectivity index (χ3v) is 12.0. The van der Waals surface area contributed by atoms with Crippen LogP contribution >= 0.6 is 15.9 Å². The molecule has 4 aromatic carbocycles. The summed E-state index contributed by atoms with van der Waals surface area (Å²) in [5, 5.41) is 9.87. The molecule has 4 aromatic rings. The molecular formula is C34H34BrN3O8S2. The lowest BCUT2D eigenvalue weighted by Crippen LogP contribution is -2.42. The van der Waals surface area contributed by atoms with Crippen molar-refractivity contribution >= 4 is 59.2 Å². The van der Waals surface area contributed by atoms with E-state index in [0.29, 0.717) is 38.2 Å². The van der Waals surface area contributed by atoms with Gasteiger partial charge in [-0.15, -0.1) is 0 Å². The number of carboxylic acids is 1. The number of nitrogens with zero attached hydrogens (tertiary/aromatic N) is 2. The smallest absolute Gasteiger partial charge is 0.324 e. The average Bonchev–Trinajstić information content (AvgIpc) is 3.43. The van der Waals surface area contributed by atoms with Gasteiger partial charge >= 0.3 is 5.97 Å². The van der Waals surface area contributed by atoms with Crippen molar-refractivity contribution in [3.05, 3.63) is 111 Å². The van der Waals surface area contributed by atoms with Crippen LogP contribution in [0.5, 0.6) is 5.75 Å². The summed E-state index contributed by atoms with van der Waals surface area (Å²) in [6.45, 7) is 4.55. The number of carbonyl (C=O) groups is 2. The maximum Gasteiger partial charge on any atom is 0.324 e. The van der Waals surface area contributed by atoms with Gasteiger partial charge in [-0.2, -0.15) is 0 Å². The highest BCUT2D eigenvalue weighted by molar-refractivity contribution is 9.10. The minimum absolute atomic E-state index is 0.0218. The molecule has 1 heterocycles. The number of rotatable bonds is 11. The second kappa shape index (κ2) is 13.6. The number of carbonyl (C=O) groups excluding carboxylic acids is 1. The first kappa shape index (κ1) is 34.9. The number of sulfonamides is 2. The summed E-state index contributed by atoms with van der Waals surface area (Å²) in [4.78, 5) is 27.8. The van der Waals surface area contributed by atoms with Crippen LogP contribution in [0.4, 0.5) is 11.4 Å². The zero-order valence-electron chi connectivity index (χ0n) is 26.6. The molecule has 48 heavy (non-hydrogen) atoms.